The average molecular weight is 348 g/mol. The summed E-state index contributed by atoms with van der Waals surface area (Å²) >= 11 is 0. The van der Waals surface area contributed by atoms with Gasteiger partial charge in [-0.05, 0) is 37.6 Å². The number of hydrogen-bond acceptors (Lipinski definition) is 2. The van der Waals surface area contributed by atoms with E-state index in [2.05, 4.69) is 6.92 Å². The van der Waals surface area contributed by atoms with Gasteiger partial charge in [-0.25, -0.2) is 0 Å². The molecule has 3 nitrogen and oxygen atoms in total. The molecule has 0 unspecified atom stereocenters. The molecule has 25 heavy (non-hydrogen) atoms. The van der Waals surface area contributed by atoms with Crippen molar-refractivity contribution in [1.29, 1.82) is 0 Å². The highest BCUT2D eigenvalue weighted by Gasteiger charge is 2.13. The van der Waals surface area contributed by atoms with Gasteiger partial charge in [-0.1, -0.05) is 71.1 Å². The van der Waals surface area contributed by atoms with Crippen molar-refractivity contribution >= 4 is 5.91 Å². The molecule has 1 aromatic carbocycles. The summed E-state index contributed by atoms with van der Waals surface area (Å²) in [5, 5.41) is 9.33. The normalized spacial score (nSPS) is 10.8. The fourth-order valence-corrected chi connectivity index (χ4v) is 3.16. The second kappa shape index (κ2) is 13.7. The molecule has 0 aromatic heterocycles. The average Bonchev–Trinajstić information content (AvgIpc) is 2.63. The minimum Gasteiger partial charge on any atom is -0.508 e. The van der Waals surface area contributed by atoms with Crippen LogP contribution < -0.4 is 0 Å². The number of phenolic OH excluding ortho intramolecular Hbond substituents is 1. The highest BCUT2D eigenvalue weighted by Crippen LogP contribution is 2.14. The number of aromatic hydroxyl groups is 1. The van der Waals surface area contributed by atoms with Gasteiger partial charge in [0.15, 0.2) is 0 Å². The number of phenols is 1. The predicted octanol–water partition coefficient (Wildman–Crippen LogP) is 6.17. The summed E-state index contributed by atoms with van der Waals surface area (Å²) < 4.78 is 0. The van der Waals surface area contributed by atoms with E-state index in [4.69, 9.17) is 0 Å². The van der Waals surface area contributed by atoms with Gasteiger partial charge in [0, 0.05) is 18.7 Å². The lowest BCUT2D eigenvalue weighted by molar-refractivity contribution is 0.0761. The molecule has 0 spiro atoms. The number of unbranched alkanes of at least 4 members (excludes halogenated alkanes) is 10. The quantitative estimate of drug-likeness (QED) is 0.409. The second-order valence-corrected chi connectivity index (χ2v) is 6.97. The Morgan fingerprint density at radius 1 is 0.800 bits per heavy atom. The van der Waals surface area contributed by atoms with Gasteiger partial charge >= 0.3 is 0 Å². The summed E-state index contributed by atoms with van der Waals surface area (Å²) in [6, 6.07) is 6.54. The monoisotopic (exact) mass is 347 g/mol. The fourth-order valence-electron chi connectivity index (χ4n) is 3.16. The van der Waals surface area contributed by atoms with Crippen LogP contribution in [0.5, 0.6) is 5.75 Å². The molecule has 1 amide bonds. The predicted molar refractivity (Wildman–Crippen MR) is 106 cm³/mol. The van der Waals surface area contributed by atoms with Crippen LogP contribution in [0.1, 0.15) is 94.8 Å². The summed E-state index contributed by atoms with van der Waals surface area (Å²) in [6.07, 6.45) is 14.5. The van der Waals surface area contributed by atoms with Crippen LogP contribution in [-0.4, -0.2) is 29.0 Å². The van der Waals surface area contributed by atoms with Crippen LogP contribution in [0.15, 0.2) is 24.3 Å². The van der Waals surface area contributed by atoms with E-state index in [-0.39, 0.29) is 11.7 Å². The molecule has 0 aliphatic heterocycles. The van der Waals surface area contributed by atoms with Gasteiger partial charge in [-0.15, -0.1) is 0 Å². The minimum absolute atomic E-state index is 0.0644. The lowest BCUT2D eigenvalue weighted by Crippen LogP contribution is -2.31. The Balaban J connectivity index is 2.09. The van der Waals surface area contributed by atoms with Gasteiger partial charge in [0.1, 0.15) is 5.75 Å². The maximum Gasteiger partial charge on any atom is 0.253 e. The van der Waals surface area contributed by atoms with Crippen LogP contribution in [0.2, 0.25) is 0 Å². The molecule has 3 heteroatoms. The van der Waals surface area contributed by atoms with Crippen LogP contribution in [0.25, 0.3) is 0 Å². The highest BCUT2D eigenvalue weighted by molar-refractivity contribution is 5.94. The van der Waals surface area contributed by atoms with Gasteiger partial charge in [-0.3, -0.25) is 4.79 Å². The molecule has 0 aliphatic rings. The molecular weight excluding hydrogens is 310 g/mol. The molecule has 0 fully saturated rings. The number of carbonyl (C=O) groups excluding carboxylic acids is 1. The molecule has 1 rings (SSSR count). The third-order valence-corrected chi connectivity index (χ3v) is 4.81. The molecule has 0 bridgehead atoms. The van der Waals surface area contributed by atoms with Gasteiger partial charge in [-0.2, -0.15) is 0 Å². The number of hydrogen-bond donors (Lipinski definition) is 1. The third-order valence-electron chi connectivity index (χ3n) is 4.81. The van der Waals surface area contributed by atoms with E-state index in [0.29, 0.717) is 5.56 Å². The number of nitrogens with zero attached hydrogens (tertiary/aromatic N) is 1. The molecule has 1 aromatic rings. The van der Waals surface area contributed by atoms with Crippen LogP contribution in [0, 0.1) is 0 Å². The SMILES string of the molecule is CCCCCCCCCCCCCN(CC)C(=O)c1ccc(O)cc1. The second-order valence-electron chi connectivity index (χ2n) is 6.97. The van der Waals surface area contributed by atoms with E-state index in [0.717, 1.165) is 19.5 Å². The van der Waals surface area contributed by atoms with Crippen molar-refractivity contribution in [3.63, 3.8) is 0 Å². The van der Waals surface area contributed by atoms with Crippen molar-refractivity contribution in [3.05, 3.63) is 29.8 Å². The largest absolute Gasteiger partial charge is 0.508 e. The molecule has 0 saturated heterocycles. The zero-order valence-electron chi connectivity index (χ0n) is 16.3. The zero-order valence-corrected chi connectivity index (χ0v) is 16.3. The molecule has 0 saturated carbocycles. The number of carbonyl (C=O) groups is 1. The fraction of sp³-hybridized carbons (Fsp3) is 0.682. The van der Waals surface area contributed by atoms with Crippen LogP contribution in [0.3, 0.4) is 0 Å². The number of benzene rings is 1. The van der Waals surface area contributed by atoms with Crippen molar-refractivity contribution in [1.82, 2.24) is 4.90 Å². The van der Waals surface area contributed by atoms with Crippen molar-refractivity contribution in [3.8, 4) is 5.75 Å². The Bertz CT molecular complexity index is 456. The Morgan fingerprint density at radius 3 is 1.76 bits per heavy atom. The lowest BCUT2D eigenvalue weighted by atomic mass is 10.1. The third kappa shape index (κ3) is 9.52. The summed E-state index contributed by atoms with van der Waals surface area (Å²) in [6.45, 7) is 5.85. The Labute approximate surface area is 154 Å². The summed E-state index contributed by atoms with van der Waals surface area (Å²) in [7, 11) is 0. The van der Waals surface area contributed by atoms with Gasteiger partial charge < -0.3 is 10.0 Å². The molecule has 142 valence electrons. The summed E-state index contributed by atoms with van der Waals surface area (Å²) in [5.74, 6) is 0.263. The smallest absolute Gasteiger partial charge is 0.253 e. The molecular formula is C22H37NO2. The Kier molecular flexibility index (Phi) is 11.8. The van der Waals surface area contributed by atoms with Crippen LogP contribution in [-0.2, 0) is 0 Å². The first-order valence-corrected chi connectivity index (χ1v) is 10.3. The first kappa shape index (κ1) is 21.5. The molecule has 1 N–H and O–H groups in total. The standard InChI is InChI=1S/C22H37NO2/c1-3-5-6-7-8-9-10-11-12-13-14-19-23(4-2)22(25)20-15-17-21(24)18-16-20/h15-18,24H,3-14,19H2,1-2H3. The maximum absolute atomic E-state index is 12.4. The summed E-state index contributed by atoms with van der Waals surface area (Å²) in [4.78, 5) is 14.3. The van der Waals surface area contributed by atoms with Crippen molar-refractivity contribution < 1.29 is 9.90 Å². The van der Waals surface area contributed by atoms with Crippen molar-refractivity contribution in [2.45, 2.75) is 84.5 Å². The van der Waals surface area contributed by atoms with Crippen molar-refractivity contribution in [2.75, 3.05) is 13.1 Å². The highest BCUT2D eigenvalue weighted by atomic mass is 16.3. The Morgan fingerprint density at radius 2 is 1.28 bits per heavy atom. The first-order chi connectivity index (χ1) is 12.2. The molecule has 0 aliphatic carbocycles. The van der Waals surface area contributed by atoms with Gasteiger partial charge in [0.2, 0.25) is 0 Å². The zero-order chi connectivity index (χ0) is 18.3. The van der Waals surface area contributed by atoms with Gasteiger partial charge in [0.25, 0.3) is 5.91 Å². The van der Waals surface area contributed by atoms with E-state index in [1.807, 2.05) is 11.8 Å². The Hall–Kier alpha value is -1.51. The molecule has 0 atom stereocenters. The van der Waals surface area contributed by atoms with Crippen LogP contribution in [0.4, 0.5) is 0 Å². The van der Waals surface area contributed by atoms with Crippen LogP contribution >= 0.6 is 0 Å². The minimum atomic E-state index is 0.0644. The summed E-state index contributed by atoms with van der Waals surface area (Å²) in [5.41, 5.74) is 0.655. The maximum atomic E-state index is 12.4. The van der Waals surface area contributed by atoms with E-state index in [1.54, 1.807) is 24.3 Å². The molecule has 0 heterocycles. The molecule has 0 radical (unpaired) electrons. The lowest BCUT2D eigenvalue weighted by Gasteiger charge is -2.21. The topological polar surface area (TPSA) is 40.5 Å². The number of rotatable bonds is 14. The number of amides is 1. The first-order valence-electron chi connectivity index (χ1n) is 10.3. The van der Waals surface area contributed by atoms with Gasteiger partial charge in [0.05, 0.1) is 0 Å². The van der Waals surface area contributed by atoms with E-state index in [1.165, 1.54) is 64.2 Å². The van der Waals surface area contributed by atoms with E-state index < -0.39 is 0 Å². The van der Waals surface area contributed by atoms with E-state index in [9.17, 15) is 9.90 Å². The van der Waals surface area contributed by atoms with Crippen molar-refractivity contribution in [2.24, 2.45) is 0 Å². The van der Waals surface area contributed by atoms with E-state index >= 15 is 0 Å².